The largest absolute Gasteiger partial charge is 0.366 e. The highest BCUT2D eigenvalue weighted by Crippen LogP contribution is 2.16. The van der Waals surface area contributed by atoms with Crippen molar-refractivity contribution in [3.05, 3.63) is 35.9 Å². The first-order valence-corrected chi connectivity index (χ1v) is 23.0. The average molecular weight is 712 g/mol. The Morgan fingerprint density at radius 2 is 0.647 bits per heavy atom. The molecule has 298 valence electrons. The van der Waals surface area contributed by atoms with E-state index in [-0.39, 0.29) is 5.91 Å². The molecule has 1 fully saturated rings. The summed E-state index contributed by atoms with van der Waals surface area (Å²) in [7, 11) is 0. The first-order chi connectivity index (χ1) is 25.2. The molecule has 2 N–H and O–H groups in total. The fraction of sp³-hybridized carbons (Fsp3) is 0.851. The van der Waals surface area contributed by atoms with Crippen molar-refractivity contribution >= 4 is 5.91 Å². The van der Waals surface area contributed by atoms with E-state index >= 15 is 0 Å². The molecule has 4 heteroatoms. The fourth-order valence-electron chi connectivity index (χ4n) is 7.61. The highest BCUT2D eigenvalue weighted by atomic mass is 16.1. The molecule has 2 rings (SSSR count). The van der Waals surface area contributed by atoms with Crippen LogP contribution in [0.5, 0.6) is 0 Å². The second kappa shape index (κ2) is 38.3. The lowest BCUT2D eigenvalue weighted by molar-refractivity contribution is 0.1000. The minimum atomic E-state index is -0.379. The van der Waals surface area contributed by atoms with Crippen LogP contribution in [-0.4, -0.2) is 55.0 Å². The topological polar surface area (TPSA) is 49.6 Å². The van der Waals surface area contributed by atoms with Crippen LogP contribution in [0.25, 0.3) is 0 Å². The first-order valence-electron chi connectivity index (χ1n) is 23.0. The molecular formula is C47H89N3O. The van der Waals surface area contributed by atoms with Gasteiger partial charge in [-0.25, -0.2) is 0 Å². The number of carbonyl (C=O) groups excluding carboxylic acids is 1. The summed E-state index contributed by atoms with van der Waals surface area (Å²) in [5.74, 6) is -0.379. The SMILES string of the molecule is CCCCCCCCCCCCCCCCCCN1CCN(CCCCCCCCCCCCCCCCCC)CC1.NC(=O)c1ccccc1. The quantitative estimate of drug-likeness (QED) is 0.0713. The van der Waals surface area contributed by atoms with Crippen LogP contribution in [-0.2, 0) is 0 Å². The Labute approximate surface area is 319 Å². The molecule has 0 spiro atoms. The van der Waals surface area contributed by atoms with Crippen molar-refractivity contribution in [3.63, 3.8) is 0 Å². The molecule has 51 heavy (non-hydrogen) atoms. The predicted molar refractivity (Wildman–Crippen MR) is 227 cm³/mol. The lowest BCUT2D eigenvalue weighted by atomic mass is 10.0. The van der Waals surface area contributed by atoms with Crippen molar-refractivity contribution in [1.29, 1.82) is 0 Å². The number of carbonyl (C=O) groups is 1. The van der Waals surface area contributed by atoms with E-state index in [2.05, 4.69) is 23.6 Å². The van der Waals surface area contributed by atoms with E-state index in [1.54, 1.807) is 24.3 Å². The van der Waals surface area contributed by atoms with Crippen molar-refractivity contribution < 1.29 is 4.79 Å². The van der Waals surface area contributed by atoms with Crippen LogP contribution in [0.2, 0.25) is 0 Å². The van der Waals surface area contributed by atoms with Crippen molar-refractivity contribution in [2.24, 2.45) is 5.73 Å². The van der Waals surface area contributed by atoms with Crippen LogP contribution in [0, 0.1) is 0 Å². The van der Waals surface area contributed by atoms with E-state index in [1.165, 1.54) is 245 Å². The molecule has 1 aromatic rings. The van der Waals surface area contributed by atoms with Gasteiger partial charge in [0.2, 0.25) is 5.91 Å². The van der Waals surface area contributed by atoms with Gasteiger partial charge in [-0.15, -0.1) is 0 Å². The number of hydrogen-bond donors (Lipinski definition) is 1. The summed E-state index contributed by atoms with van der Waals surface area (Å²) in [6, 6.07) is 8.76. The zero-order valence-corrected chi connectivity index (χ0v) is 34.6. The monoisotopic (exact) mass is 712 g/mol. The maximum atomic E-state index is 10.4. The number of benzene rings is 1. The van der Waals surface area contributed by atoms with Gasteiger partial charge in [0.25, 0.3) is 0 Å². The third-order valence-corrected chi connectivity index (χ3v) is 11.2. The minimum absolute atomic E-state index is 0.379. The molecule has 0 aromatic heterocycles. The van der Waals surface area contributed by atoms with Crippen molar-refractivity contribution in [2.75, 3.05) is 39.3 Å². The maximum absolute atomic E-state index is 10.4. The van der Waals surface area contributed by atoms with Crippen molar-refractivity contribution in [1.82, 2.24) is 9.80 Å². The number of amides is 1. The lowest BCUT2D eigenvalue weighted by Gasteiger charge is -2.34. The van der Waals surface area contributed by atoms with Crippen LogP contribution in [0.3, 0.4) is 0 Å². The Balaban J connectivity index is 0.00000124. The highest BCUT2D eigenvalue weighted by molar-refractivity contribution is 5.92. The zero-order valence-electron chi connectivity index (χ0n) is 34.6. The Hall–Kier alpha value is -1.39. The molecule has 0 aliphatic carbocycles. The van der Waals surface area contributed by atoms with E-state index < -0.39 is 0 Å². The van der Waals surface area contributed by atoms with E-state index in [1.807, 2.05) is 6.07 Å². The summed E-state index contributed by atoms with van der Waals surface area (Å²) in [5.41, 5.74) is 5.53. The summed E-state index contributed by atoms with van der Waals surface area (Å²) in [6.45, 7) is 12.6. The van der Waals surface area contributed by atoms with Gasteiger partial charge in [0.15, 0.2) is 0 Å². The van der Waals surface area contributed by atoms with Gasteiger partial charge in [0, 0.05) is 31.7 Å². The average Bonchev–Trinajstić information content (AvgIpc) is 3.15. The second-order valence-electron chi connectivity index (χ2n) is 16.0. The van der Waals surface area contributed by atoms with Gasteiger partial charge in [-0.2, -0.15) is 0 Å². The Bertz CT molecular complexity index is 778. The molecule has 1 heterocycles. The van der Waals surface area contributed by atoms with Gasteiger partial charge in [-0.1, -0.05) is 225 Å². The summed E-state index contributed by atoms with van der Waals surface area (Å²) in [4.78, 5) is 15.9. The lowest BCUT2D eigenvalue weighted by Crippen LogP contribution is -2.46. The van der Waals surface area contributed by atoms with Gasteiger partial charge in [0.1, 0.15) is 0 Å². The van der Waals surface area contributed by atoms with E-state index in [0.717, 1.165) is 0 Å². The molecule has 0 saturated carbocycles. The summed E-state index contributed by atoms with van der Waals surface area (Å²) >= 11 is 0. The molecular weight excluding hydrogens is 623 g/mol. The number of unbranched alkanes of at least 4 members (excludes halogenated alkanes) is 30. The Morgan fingerprint density at radius 3 is 0.863 bits per heavy atom. The minimum Gasteiger partial charge on any atom is -0.366 e. The smallest absolute Gasteiger partial charge is 0.248 e. The summed E-state index contributed by atoms with van der Waals surface area (Å²) < 4.78 is 0. The van der Waals surface area contributed by atoms with Crippen LogP contribution in [0.4, 0.5) is 0 Å². The summed E-state index contributed by atoms with van der Waals surface area (Å²) in [5, 5.41) is 0. The van der Waals surface area contributed by atoms with E-state index in [9.17, 15) is 4.79 Å². The molecule has 0 bridgehead atoms. The van der Waals surface area contributed by atoms with Gasteiger partial charge >= 0.3 is 0 Å². The fourth-order valence-corrected chi connectivity index (χ4v) is 7.61. The first kappa shape index (κ1) is 47.6. The Kier molecular flexibility index (Phi) is 35.8. The van der Waals surface area contributed by atoms with Crippen LogP contribution >= 0.6 is 0 Å². The van der Waals surface area contributed by atoms with Crippen LogP contribution in [0.15, 0.2) is 30.3 Å². The number of rotatable bonds is 35. The van der Waals surface area contributed by atoms with Crippen LogP contribution < -0.4 is 5.73 Å². The third kappa shape index (κ3) is 33.0. The molecule has 0 atom stereocenters. The molecule has 1 aliphatic heterocycles. The van der Waals surface area contributed by atoms with Gasteiger partial charge in [-0.3, -0.25) is 4.79 Å². The zero-order chi connectivity index (χ0) is 36.7. The molecule has 1 aromatic carbocycles. The van der Waals surface area contributed by atoms with Gasteiger partial charge in [-0.05, 0) is 38.1 Å². The highest BCUT2D eigenvalue weighted by Gasteiger charge is 2.15. The summed E-state index contributed by atoms with van der Waals surface area (Å²) in [6.07, 6.45) is 46.9. The number of piperazine rings is 1. The van der Waals surface area contributed by atoms with Gasteiger partial charge in [0.05, 0.1) is 0 Å². The van der Waals surface area contributed by atoms with Crippen molar-refractivity contribution in [3.8, 4) is 0 Å². The number of nitrogens with two attached hydrogens (primary N) is 1. The molecule has 1 aliphatic rings. The maximum Gasteiger partial charge on any atom is 0.248 e. The van der Waals surface area contributed by atoms with E-state index in [4.69, 9.17) is 5.73 Å². The molecule has 0 unspecified atom stereocenters. The number of hydrogen-bond acceptors (Lipinski definition) is 3. The second-order valence-corrected chi connectivity index (χ2v) is 16.0. The molecule has 1 amide bonds. The van der Waals surface area contributed by atoms with E-state index in [0.29, 0.717) is 5.56 Å². The van der Waals surface area contributed by atoms with Crippen molar-refractivity contribution in [2.45, 2.75) is 219 Å². The normalized spacial score (nSPS) is 13.7. The van der Waals surface area contributed by atoms with Gasteiger partial charge < -0.3 is 15.5 Å². The molecule has 0 radical (unpaired) electrons. The molecule has 4 nitrogen and oxygen atoms in total. The third-order valence-electron chi connectivity index (χ3n) is 11.2. The van der Waals surface area contributed by atoms with Crippen LogP contribution in [0.1, 0.15) is 230 Å². The Morgan fingerprint density at radius 1 is 0.412 bits per heavy atom. The number of primary amides is 1. The number of nitrogens with zero attached hydrogens (tertiary/aromatic N) is 2. The molecule has 1 saturated heterocycles. The predicted octanol–water partition coefficient (Wildman–Crippen LogP) is 13.9. The standard InChI is InChI=1S/C40H82N2.C7H7NO/c1-3-5-7-9-11-13-15-17-19-21-23-25-27-29-31-33-35-41-37-39-42(40-38-41)36-34-32-30-28-26-24-22-20-18-16-14-12-10-8-6-4-2;8-7(9)6-4-2-1-3-5-6/h3-40H2,1-2H3;1-5H,(H2,8,9).